The highest BCUT2D eigenvalue weighted by Gasteiger charge is 2.45. The van der Waals surface area contributed by atoms with Gasteiger partial charge < -0.3 is 5.11 Å². The molecular formula is C13H15NO3. The number of nitrogens with zero attached hydrogens (tertiary/aromatic N) is 1. The van der Waals surface area contributed by atoms with Gasteiger partial charge in [-0.25, -0.2) is 4.90 Å². The van der Waals surface area contributed by atoms with Crippen LogP contribution in [0.15, 0.2) is 18.2 Å². The molecule has 0 aromatic heterocycles. The third kappa shape index (κ3) is 1.79. The molecule has 0 unspecified atom stereocenters. The summed E-state index contributed by atoms with van der Waals surface area (Å²) in [6.45, 7) is 5.30. The van der Waals surface area contributed by atoms with E-state index in [9.17, 15) is 14.7 Å². The number of anilines is 1. The molecule has 1 saturated heterocycles. The number of hydrogen-bond acceptors (Lipinski definition) is 3. The van der Waals surface area contributed by atoms with Gasteiger partial charge in [0.05, 0.1) is 11.1 Å². The Morgan fingerprint density at radius 1 is 1.29 bits per heavy atom. The maximum Gasteiger partial charge on any atom is 0.239 e. The summed E-state index contributed by atoms with van der Waals surface area (Å²) in [6.07, 6.45) is 0.228. The quantitative estimate of drug-likeness (QED) is 0.755. The van der Waals surface area contributed by atoms with Crippen LogP contribution in [0.4, 0.5) is 5.69 Å². The van der Waals surface area contributed by atoms with Crippen molar-refractivity contribution in [2.75, 3.05) is 4.90 Å². The lowest BCUT2D eigenvalue weighted by Gasteiger charge is -2.19. The fourth-order valence-corrected chi connectivity index (χ4v) is 2.08. The Morgan fingerprint density at radius 3 is 2.41 bits per heavy atom. The lowest BCUT2D eigenvalue weighted by Crippen LogP contribution is -2.33. The lowest BCUT2D eigenvalue weighted by atomic mass is 9.92. The molecule has 17 heavy (non-hydrogen) atoms. The van der Waals surface area contributed by atoms with Crippen LogP contribution in [0.25, 0.3) is 0 Å². The molecule has 1 fully saturated rings. The maximum absolute atomic E-state index is 12.1. The van der Waals surface area contributed by atoms with Crippen LogP contribution < -0.4 is 4.90 Å². The van der Waals surface area contributed by atoms with E-state index in [0.29, 0.717) is 11.3 Å². The van der Waals surface area contributed by atoms with Crippen molar-refractivity contribution in [2.45, 2.75) is 27.2 Å². The summed E-state index contributed by atoms with van der Waals surface area (Å²) in [5.41, 5.74) is 0.634. The first-order valence-corrected chi connectivity index (χ1v) is 5.50. The normalized spacial score (nSPS) is 18.9. The fourth-order valence-electron chi connectivity index (χ4n) is 2.08. The van der Waals surface area contributed by atoms with Crippen molar-refractivity contribution in [1.29, 1.82) is 0 Å². The number of hydrogen-bond donors (Lipinski definition) is 1. The monoisotopic (exact) mass is 233 g/mol. The number of aryl methyl sites for hydroxylation is 1. The van der Waals surface area contributed by atoms with Gasteiger partial charge >= 0.3 is 0 Å². The summed E-state index contributed by atoms with van der Waals surface area (Å²) >= 11 is 0. The summed E-state index contributed by atoms with van der Waals surface area (Å²) in [5.74, 6) is -0.241. The third-order valence-electron chi connectivity index (χ3n) is 3.05. The SMILES string of the molecule is Cc1cc(O)ccc1N1C(=O)CC(C)(C)C1=O. The summed E-state index contributed by atoms with van der Waals surface area (Å²) in [7, 11) is 0. The first-order valence-electron chi connectivity index (χ1n) is 5.50. The molecule has 2 amide bonds. The second kappa shape index (κ2) is 3.58. The Labute approximate surface area is 99.9 Å². The van der Waals surface area contributed by atoms with Crippen LogP contribution >= 0.6 is 0 Å². The number of phenols is 1. The smallest absolute Gasteiger partial charge is 0.239 e. The predicted octanol–water partition coefficient (Wildman–Crippen LogP) is 1.99. The molecule has 0 bridgehead atoms. The number of carbonyl (C=O) groups is 2. The molecule has 1 heterocycles. The van der Waals surface area contributed by atoms with Crippen molar-refractivity contribution in [3.63, 3.8) is 0 Å². The van der Waals surface area contributed by atoms with Gasteiger partial charge in [-0.1, -0.05) is 13.8 Å². The van der Waals surface area contributed by atoms with E-state index in [2.05, 4.69) is 0 Å². The van der Waals surface area contributed by atoms with Gasteiger partial charge in [-0.2, -0.15) is 0 Å². The average Bonchev–Trinajstić information content (AvgIpc) is 2.39. The molecule has 4 nitrogen and oxygen atoms in total. The van der Waals surface area contributed by atoms with Crippen molar-refractivity contribution in [3.8, 4) is 5.75 Å². The first kappa shape index (κ1) is 11.6. The predicted molar refractivity (Wildman–Crippen MR) is 63.7 cm³/mol. The minimum atomic E-state index is -0.637. The Kier molecular flexibility index (Phi) is 2.45. The number of rotatable bonds is 1. The Morgan fingerprint density at radius 2 is 1.94 bits per heavy atom. The van der Waals surface area contributed by atoms with Crippen LogP contribution in [0.2, 0.25) is 0 Å². The summed E-state index contributed by atoms with van der Waals surface area (Å²) in [6, 6.07) is 4.62. The highest BCUT2D eigenvalue weighted by molar-refractivity contribution is 6.22. The van der Waals surface area contributed by atoms with E-state index in [-0.39, 0.29) is 24.0 Å². The van der Waals surface area contributed by atoms with Gasteiger partial charge in [0.2, 0.25) is 11.8 Å². The topological polar surface area (TPSA) is 57.6 Å². The molecule has 0 radical (unpaired) electrons. The molecule has 1 aliphatic rings. The van der Waals surface area contributed by atoms with Gasteiger partial charge in [0, 0.05) is 6.42 Å². The molecule has 1 aliphatic heterocycles. The van der Waals surface area contributed by atoms with Crippen LogP contribution in [-0.2, 0) is 9.59 Å². The molecule has 2 rings (SSSR count). The van der Waals surface area contributed by atoms with Crippen LogP contribution in [0.5, 0.6) is 5.75 Å². The molecule has 1 N–H and O–H groups in total. The van der Waals surface area contributed by atoms with Crippen molar-refractivity contribution in [2.24, 2.45) is 5.41 Å². The highest BCUT2D eigenvalue weighted by atomic mass is 16.3. The van der Waals surface area contributed by atoms with E-state index in [0.717, 1.165) is 0 Å². The number of benzene rings is 1. The van der Waals surface area contributed by atoms with Crippen LogP contribution in [0.1, 0.15) is 25.8 Å². The second-order valence-corrected chi connectivity index (χ2v) is 5.07. The first-order chi connectivity index (χ1) is 7.83. The van der Waals surface area contributed by atoms with Gasteiger partial charge in [-0.15, -0.1) is 0 Å². The van der Waals surface area contributed by atoms with Crippen molar-refractivity contribution in [3.05, 3.63) is 23.8 Å². The van der Waals surface area contributed by atoms with Crippen LogP contribution in [0.3, 0.4) is 0 Å². The largest absolute Gasteiger partial charge is 0.508 e. The zero-order valence-corrected chi connectivity index (χ0v) is 10.2. The van der Waals surface area contributed by atoms with Gasteiger partial charge in [-0.3, -0.25) is 9.59 Å². The minimum Gasteiger partial charge on any atom is -0.508 e. The molecule has 90 valence electrons. The van der Waals surface area contributed by atoms with Gasteiger partial charge in [0.25, 0.3) is 0 Å². The van der Waals surface area contributed by atoms with E-state index in [1.807, 2.05) is 0 Å². The van der Waals surface area contributed by atoms with Gasteiger partial charge in [0.15, 0.2) is 0 Å². The fraction of sp³-hybridized carbons (Fsp3) is 0.385. The Bertz CT molecular complexity index is 505. The summed E-state index contributed by atoms with van der Waals surface area (Å²) < 4.78 is 0. The van der Waals surface area contributed by atoms with Gasteiger partial charge in [-0.05, 0) is 30.7 Å². The number of imide groups is 1. The molecule has 0 saturated carbocycles. The summed E-state index contributed by atoms with van der Waals surface area (Å²) in [5, 5.41) is 9.33. The zero-order valence-electron chi connectivity index (χ0n) is 10.2. The number of phenolic OH excluding ortho intramolecular Hbond substituents is 1. The standard InChI is InChI=1S/C13H15NO3/c1-8-6-9(15)4-5-10(8)14-11(16)7-13(2,3)12(14)17/h4-6,15H,7H2,1-3H3. The zero-order chi connectivity index (χ0) is 12.8. The minimum absolute atomic E-state index is 0.129. The van der Waals surface area contributed by atoms with Crippen molar-refractivity contribution >= 4 is 17.5 Å². The Hall–Kier alpha value is -1.84. The summed E-state index contributed by atoms with van der Waals surface area (Å²) in [4.78, 5) is 25.2. The molecule has 1 aromatic rings. The average molecular weight is 233 g/mol. The van der Waals surface area contributed by atoms with Crippen molar-refractivity contribution in [1.82, 2.24) is 0 Å². The second-order valence-electron chi connectivity index (χ2n) is 5.07. The number of carbonyl (C=O) groups excluding carboxylic acids is 2. The lowest BCUT2D eigenvalue weighted by molar-refractivity contribution is -0.124. The van der Waals surface area contributed by atoms with Gasteiger partial charge in [0.1, 0.15) is 5.75 Å². The van der Waals surface area contributed by atoms with Crippen LogP contribution in [0, 0.1) is 12.3 Å². The molecule has 0 spiro atoms. The molecule has 1 aromatic carbocycles. The number of aromatic hydroxyl groups is 1. The Balaban J connectivity index is 2.48. The molecular weight excluding hydrogens is 218 g/mol. The van der Waals surface area contributed by atoms with E-state index in [4.69, 9.17) is 0 Å². The van der Waals surface area contributed by atoms with E-state index in [1.54, 1.807) is 32.9 Å². The van der Waals surface area contributed by atoms with E-state index >= 15 is 0 Å². The van der Waals surface area contributed by atoms with E-state index < -0.39 is 5.41 Å². The molecule has 4 heteroatoms. The molecule has 0 atom stereocenters. The molecule has 0 aliphatic carbocycles. The van der Waals surface area contributed by atoms with E-state index in [1.165, 1.54) is 11.0 Å². The van der Waals surface area contributed by atoms with Crippen molar-refractivity contribution < 1.29 is 14.7 Å². The number of amides is 2. The van der Waals surface area contributed by atoms with Crippen LogP contribution in [-0.4, -0.2) is 16.9 Å². The maximum atomic E-state index is 12.1. The third-order valence-corrected chi connectivity index (χ3v) is 3.05. The highest BCUT2D eigenvalue weighted by Crippen LogP contribution is 2.36.